The third-order valence-electron chi connectivity index (χ3n) is 3.47. The molecule has 88 valence electrons. The summed E-state index contributed by atoms with van der Waals surface area (Å²) < 4.78 is 0. The van der Waals surface area contributed by atoms with Gasteiger partial charge < -0.3 is 5.73 Å². The molecule has 0 aliphatic carbocycles. The van der Waals surface area contributed by atoms with Gasteiger partial charge in [0.25, 0.3) is 0 Å². The smallest absolute Gasteiger partial charge is 0.0313 e. The molecule has 2 N–H and O–H groups in total. The van der Waals surface area contributed by atoms with Gasteiger partial charge in [0.2, 0.25) is 0 Å². The number of aromatic nitrogens is 1. The first kappa shape index (κ1) is 11.6. The summed E-state index contributed by atoms with van der Waals surface area (Å²) in [5, 5.41) is 0. The first-order chi connectivity index (χ1) is 7.61. The van der Waals surface area contributed by atoms with E-state index in [0.717, 1.165) is 26.2 Å². The highest BCUT2D eigenvalue weighted by Gasteiger charge is 2.32. The molecule has 1 aliphatic heterocycles. The van der Waals surface area contributed by atoms with E-state index in [1.165, 1.54) is 17.5 Å². The molecule has 0 aromatic carbocycles. The van der Waals surface area contributed by atoms with Crippen molar-refractivity contribution in [2.24, 2.45) is 11.1 Å². The molecular weight excluding hydrogens is 198 g/mol. The van der Waals surface area contributed by atoms with E-state index in [4.69, 9.17) is 5.73 Å². The molecule has 2 rings (SSSR count). The Labute approximate surface area is 97.7 Å². The molecule has 0 radical (unpaired) electrons. The second-order valence-corrected chi connectivity index (χ2v) is 5.35. The van der Waals surface area contributed by atoms with E-state index in [1.807, 2.05) is 12.4 Å². The molecule has 1 fully saturated rings. The fraction of sp³-hybridized carbons (Fsp3) is 0.615. The van der Waals surface area contributed by atoms with Gasteiger partial charge in [0.1, 0.15) is 0 Å². The average Bonchev–Trinajstić information content (AvgIpc) is 2.61. The van der Waals surface area contributed by atoms with Gasteiger partial charge in [-0.15, -0.1) is 0 Å². The van der Waals surface area contributed by atoms with Crippen LogP contribution in [0.2, 0.25) is 0 Å². The van der Waals surface area contributed by atoms with E-state index in [1.54, 1.807) is 0 Å². The lowest BCUT2D eigenvalue weighted by Crippen LogP contribution is -2.31. The highest BCUT2D eigenvalue weighted by molar-refractivity contribution is 5.16. The fourth-order valence-corrected chi connectivity index (χ4v) is 2.39. The Morgan fingerprint density at radius 2 is 2.31 bits per heavy atom. The van der Waals surface area contributed by atoms with Gasteiger partial charge in [-0.05, 0) is 43.0 Å². The van der Waals surface area contributed by atoms with Crippen molar-refractivity contribution in [1.29, 1.82) is 0 Å². The van der Waals surface area contributed by atoms with Crippen LogP contribution in [0.3, 0.4) is 0 Å². The number of nitrogens with zero attached hydrogens (tertiary/aromatic N) is 2. The molecular formula is C13H21N3. The summed E-state index contributed by atoms with van der Waals surface area (Å²) in [7, 11) is 0. The first-order valence-corrected chi connectivity index (χ1v) is 5.94. The second kappa shape index (κ2) is 4.52. The molecule has 16 heavy (non-hydrogen) atoms. The summed E-state index contributed by atoms with van der Waals surface area (Å²) in [6.45, 7) is 8.42. The molecule has 0 amide bonds. The summed E-state index contributed by atoms with van der Waals surface area (Å²) in [6, 6.07) is 2.21. The molecule has 1 aromatic heterocycles. The molecule has 1 atom stereocenters. The SMILES string of the molecule is Cc1cncc(CN2CCC(C)(CN)C2)c1. The van der Waals surface area contributed by atoms with Gasteiger partial charge >= 0.3 is 0 Å². The van der Waals surface area contributed by atoms with Crippen LogP contribution < -0.4 is 5.73 Å². The Hall–Kier alpha value is -0.930. The quantitative estimate of drug-likeness (QED) is 0.839. The van der Waals surface area contributed by atoms with Gasteiger partial charge in [-0.3, -0.25) is 9.88 Å². The molecule has 0 bridgehead atoms. The monoisotopic (exact) mass is 219 g/mol. The van der Waals surface area contributed by atoms with Crippen LogP contribution in [0.15, 0.2) is 18.5 Å². The summed E-state index contributed by atoms with van der Waals surface area (Å²) in [4.78, 5) is 6.71. The Balaban J connectivity index is 1.97. The lowest BCUT2D eigenvalue weighted by atomic mass is 9.90. The van der Waals surface area contributed by atoms with Crippen molar-refractivity contribution in [2.45, 2.75) is 26.8 Å². The summed E-state index contributed by atoms with van der Waals surface area (Å²) >= 11 is 0. The van der Waals surface area contributed by atoms with E-state index in [0.29, 0.717) is 5.41 Å². The molecule has 2 heterocycles. The molecule has 3 heteroatoms. The summed E-state index contributed by atoms with van der Waals surface area (Å²) in [6.07, 6.45) is 5.07. The van der Waals surface area contributed by atoms with Crippen molar-refractivity contribution in [1.82, 2.24) is 9.88 Å². The van der Waals surface area contributed by atoms with Gasteiger partial charge in [0, 0.05) is 25.5 Å². The van der Waals surface area contributed by atoms with Crippen LogP contribution in [0.1, 0.15) is 24.5 Å². The second-order valence-electron chi connectivity index (χ2n) is 5.35. The molecule has 3 nitrogen and oxygen atoms in total. The number of aryl methyl sites for hydroxylation is 1. The van der Waals surface area contributed by atoms with Crippen molar-refractivity contribution >= 4 is 0 Å². The van der Waals surface area contributed by atoms with E-state index >= 15 is 0 Å². The van der Waals surface area contributed by atoms with E-state index in [-0.39, 0.29) is 0 Å². The van der Waals surface area contributed by atoms with Crippen LogP contribution in [0.4, 0.5) is 0 Å². The molecule has 1 unspecified atom stereocenters. The maximum atomic E-state index is 5.81. The number of pyridine rings is 1. The van der Waals surface area contributed by atoms with E-state index < -0.39 is 0 Å². The lowest BCUT2D eigenvalue weighted by molar-refractivity contribution is 0.274. The minimum absolute atomic E-state index is 0.317. The third-order valence-corrected chi connectivity index (χ3v) is 3.47. The topological polar surface area (TPSA) is 42.2 Å². The molecule has 1 aromatic rings. The summed E-state index contributed by atoms with van der Waals surface area (Å²) in [5.41, 5.74) is 8.67. The maximum absolute atomic E-state index is 5.81. The molecule has 1 saturated heterocycles. The number of nitrogens with two attached hydrogens (primary N) is 1. The third kappa shape index (κ3) is 2.60. The fourth-order valence-electron chi connectivity index (χ4n) is 2.39. The van der Waals surface area contributed by atoms with Gasteiger partial charge in [0.15, 0.2) is 0 Å². The maximum Gasteiger partial charge on any atom is 0.0313 e. The van der Waals surface area contributed by atoms with Crippen LogP contribution in [-0.4, -0.2) is 29.5 Å². The largest absolute Gasteiger partial charge is 0.330 e. The summed E-state index contributed by atoms with van der Waals surface area (Å²) in [5.74, 6) is 0. The zero-order chi connectivity index (χ0) is 11.6. The normalized spacial score (nSPS) is 26.2. The van der Waals surface area contributed by atoms with Gasteiger partial charge in [0.05, 0.1) is 0 Å². The standard InChI is InChI=1S/C13H21N3/c1-11-5-12(7-15-6-11)8-16-4-3-13(2,9-14)10-16/h5-7H,3-4,8-10,14H2,1-2H3. The van der Waals surface area contributed by atoms with Crippen LogP contribution >= 0.6 is 0 Å². The van der Waals surface area contributed by atoms with Crippen molar-refractivity contribution < 1.29 is 0 Å². The minimum atomic E-state index is 0.317. The highest BCUT2D eigenvalue weighted by Crippen LogP contribution is 2.29. The predicted octanol–water partition coefficient (Wildman–Crippen LogP) is 1.56. The average molecular weight is 219 g/mol. The van der Waals surface area contributed by atoms with Gasteiger partial charge in [-0.1, -0.05) is 13.0 Å². The van der Waals surface area contributed by atoms with Crippen molar-refractivity contribution in [3.63, 3.8) is 0 Å². The zero-order valence-electron chi connectivity index (χ0n) is 10.2. The van der Waals surface area contributed by atoms with Crippen LogP contribution in [-0.2, 0) is 6.54 Å². The highest BCUT2D eigenvalue weighted by atomic mass is 15.2. The van der Waals surface area contributed by atoms with Crippen LogP contribution in [0.25, 0.3) is 0 Å². The van der Waals surface area contributed by atoms with Crippen molar-refractivity contribution in [2.75, 3.05) is 19.6 Å². The Morgan fingerprint density at radius 3 is 2.94 bits per heavy atom. The number of hydrogen-bond acceptors (Lipinski definition) is 3. The first-order valence-electron chi connectivity index (χ1n) is 5.94. The number of rotatable bonds is 3. The molecule has 0 saturated carbocycles. The number of likely N-dealkylation sites (tertiary alicyclic amines) is 1. The van der Waals surface area contributed by atoms with Gasteiger partial charge in [-0.25, -0.2) is 0 Å². The predicted molar refractivity (Wildman–Crippen MR) is 66.0 cm³/mol. The van der Waals surface area contributed by atoms with Crippen molar-refractivity contribution in [3.05, 3.63) is 29.6 Å². The zero-order valence-corrected chi connectivity index (χ0v) is 10.2. The lowest BCUT2D eigenvalue weighted by Gasteiger charge is -2.22. The van der Waals surface area contributed by atoms with E-state index in [9.17, 15) is 0 Å². The minimum Gasteiger partial charge on any atom is -0.330 e. The molecule has 0 spiro atoms. The number of hydrogen-bond donors (Lipinski definition) is 1. The Morgan fingerprint density at radius 1 is 1.50 bits per heavy atom. The van der Waals surface area contributed by atoms with Crippen molar-refractivity contribution in [3.8, 4) is 0 Å². The van der Waals surface area contributed by atoms with Gasteiger partial charge in [-0.2, -0.15) is 0 Å². The molecule has 1 aliphatic rings. The van der Waals surface area contributed by atoms with E-state index in [2.05, 4.69) is 29.8 Å². The Bertz CT molecular complexity index is 364. The van der Waals surface area contributed by atoms with Crippen LogP contribution in [0, 0.1) is 12.3 Å². The van der Waals surface area contributed by atoms with Crippen LogP contribution in [0.5, 0.6) is 0 Å². The Kier molecular flexibility index (Phi) is 3.26.